The summed E-state index contributed by atoms with van der Waals surface area (Å²) in [5, 5.41) is 16.5. The summed E-state index contributed by atoms with van der Waals surface area (Å²) >= 11 is 0. The van der Waals surface area contributed by atoms with Gasteiger partial charge < -0.3 is 25.4 Å². The molecule has 2 aliphatic rings. The zero-order valence-electron chi connectivity index (χ0n) is 20.5. The Bertz CT molecular complexity index is 1490. The highest BCUT2D eigenvalue weighted by Crippen LogP contribution is 2.34. The number of ether oxygens (including phenoxy) is 1. The molecule has 1 saturated heterocycles. The molecule has 190 valence electrons. The molecule has 0 radical (unpaired) electrons. The quantitative estimate of drug-likeness (QED) is 0.384. The van der Waals surface area contributed by atoms with Crippen molar-refractivity contribution < 1.29 is 19.0 Å². The lowest BCUT2D eigenvalue weighted by molar-refractivity contribution is -0.0927. The van der Waals surface area contributed by atoms with Crippen LogP contribution in [0.4, 0.5) is 21.6 Å². The van der Waals surface area contributed by atoms with E-state index in [1.54, 1.807) is 36.8 Å². The standard InChI is InChI=1S/C27H27FN6O3/c1-27(2,36)22-15-33(9-10-37-22)18-5-3-17(4-6-18)32-25-24-20(13-31-26(24)35)19(12-30-25)21-14-29-23-11-16(28)7-8-34(21)23/h3-8,11-12,14,22,36H,9-10,13,15H2,1-2H3,(H,30,32)(H,31,35)/t22-/m0/s1. The number of carbonyl (C=O) groups excluding carboxylic acids is 1. The van der Waals surface area contributed by atoms with Crippen molar-refractivity contribution in [2.45, 2.75) is 32.1 Å². The maximum absolute atomic E-state index is 13.6. The molecule has 1 atom stereocenters. The van der Waals surface area contributed by atoms with Crippen LogP contribution in [0.5, 0.6) is 0 Å². The Morgan fingerprint density at radius 2 is 2.00 bits per heavy atom. The number of hydrogen-bond donors (Lipinski definition) is 3. The monoisotopic (exact) mass is 502 g/mol. The highest BCUT2D eigenvalue weighted by Gasteiger charge is 2.33. The molecular formula is C27H27FN6O3. The minimum absolute atomic E-state index is 0.200. The van der Waals surface area contributed by atoms with Crippen LogP contribution < -0.4 is 15.5 Å². The normalized spacial score (nSPS) is 17.7. The van der Waals surface area contributed by atoms with E-state index in [0.29, 0.717) is 36.7 Å². The van der Waals surface area contributed by atoms with Gasteiger partial charge in [-0.1, -0.05) is 0 Å². The summed E-state index contributed by atoms with van der Waals surface area (Å²) in [7, 11) is 0. The average molecular weight is 503 g/mol. The first-order valence-electron chi connectivity index (χ1n) is 12.2. The number of halogens is 1. The average Bonchev–Trinajstić information content (AvgIpc) is 3.48. The first-order chi connectivity index (χ1) is 17.8. The molecule has 1 amide bonds. The van der Waals surface area contributed by atoms with Crippen molar-refractivity contribution in [3.05, 3.63) is 71.9 Å². The first-order valence-corrected chi connectivity index (χ1v) is 12.2. The van der Waals surface area contributed by atoms with E-state index >= 15 is 0 Å². The van der Waals surface area contributed by atoms with E-state index in [4.69, 9.17) is 4.74 Å². The van der Waals surface area contributed by atoms with Gasteiger partial charge in [-0.05, 0) is 49.7 Å². The number of morpholine rings is 1. The predicted octanol–water partition coefficient (Wildman–Crippen LogP) is 3.50. The molecule has 0 spiro atoms. The second-order valence-corrected chi connectivity index (χ2v) is 9.90. The molecule has 5 heterocycles. The number of pyridine rings is 2. The summed E-state index contributed by atoms with van der Waals surface area (Å²) in [5.74, 6) is -0.0924. The maximum atomic E-state index is 13.6. The van der Waals surface area contributed by atoms with Gasteiger partial charge in [0, 0.05) is 55.0 Å². The van der Waals surface area contributed by atoms with Crippen molar-refractivity contribution in [2.75, 3.05) is 29.9 Å². The molecule has 37 heavy (non-hydrogen) atoms. The van der Waals surface area contributed by atoms with Gasteiger partial charge >= 0.3 is 0 Å². The topological polar surface area (TPSA) is 104 Å². The van der Waals surface area contributed by atoms with E-state index < -0.39 is 5.60 Å². The smallest absolute Gasteiger partial charge is 0.255 e. The first kappa shape index (κ1) is 23.4. The largest absolute Gasteiger partial charge is 0.388 e. The lowest BCUT2D eigenvalue weighted by Gasteiger charge is -2.39. The number of benzene rings is 1. The molecule has 2 aliphatic heterocycles. The lowest BCUT2D eigenvalue weighted by atomic mass is 10.00. The molecule has 0 bridgehead atoms. The Kier molecular flexibility index (Phi) is 5.58. The molecular weight excluding hydrogens is 475 g/mol. The molecule has 0 aliphatic carbocycles. The summed E-state index contributed by atoms with van der Waals surface area (Å²) in [6.45, 7) is 5.78. The second kappa shape index (κ2) is 8.82. The Morgan fingerprint density at radius 1 is 1.19 bits per heavy atom. The third-order valence-electron chi connectivity index (χ3n) is 6.94. The third-order valence-corrected chi connectivity index (χ3v) is 6.94. The summed E-state index contributed by atoms with van der Waals surface area (Å²) in [5.41, 5.74) is 4.19. The Balaban J connectivity index is 1.27. The molecule has 10 heteroatoms. The summed E-state index contributed by atoms with van der Waals surface area (Å²) < 4.78 is 21.2. The third kappa shape index (κ3) is 4.28. The van der Waals surface area contributed by atoms with Crippen LogP contribution in [0, 0.1) is 5.82 Å². The fourth-order valence-corrected chi connectivity index (χ4v) is 4.91. The molecule has 3 aromatic heterocycles. The van der Waals surface area contributed by atoms with Gasteiger partial charge in [0.2, 0.25) is 0 Å². The molecule has 9 nitrogen and oxygen atoms in total. The van der Waals surface area contributed by atoms with Crippen LogP contribution in [-0.2, 0) is 11.3 Å². The van der Waals surface area contributed by atoms with Crippen LogP contribution in [0.1, 0.15) is 29.8 Å². The summed E-state index contributed by atoms with van der Waals surface area (Å²) in [4.78, 5) is 23.9. The molecule has 3 N–H and O–H groups in total. The van der Waals surface area contributed by atoms with E-state index in [-0.39, 0.29) is 17.8 Å². The molecule has 1 aromatic carbocycles. The number of anilines is 3. The van der Waals surface area contributed by atoms with Crippen molar-refractivity contribution in [1.82, 2.24) is 19.7 Å². The fourth-order valence-electron chi connectivity index (χ4n) is 4.91. The van der Waals surface area contributed by atoms with Crippen LogP contribution in [0.15, 0.2) is 55.0 Å². The molecule has 4 aromatic rings. The van der Waals surface area contributed by atoms with Gasteiger partial charge in [-0.25, -0.2) is 14.4 Å². The summed E-state index contributed by atoms with van der Waals surface area (Å²) in [6, 6.07) is 10.6. The van der Waals surface area contributed by atoms with Crippen LogP contribution in [-0.4, -0.2) is 56.8 Å². The minimum Gasteiger partial charge on any atom is -0.388 e. The number of fused-ring (bicyclic) bond motifs is 2. The number of nitrogens with one attached hydrogen (secondary N) is 2. The van der Waals surface area contributed by atoms with E-state index in [1.807, 2.05) is 24.3 Å². The van der Waals surface area contributed by atoms with Gasteiger partial charge in [0.1, 0.15) is 23.4 Å². The van der Waals surface area contributed by atoms with Gasteiger partial charge in [-0.15, -0.1) is 0 Å². The number of amides is 1. The Morgan fingerprint density at radius 3 is 2.78 bits per heavy atom. The van der Waals surface area contributed by atoms with Crippen molar-refractivity contribution >= 4 is 28.7 Å². The van der Waals surface area contributed by atoms with E-state index in [2.05, 4.69) is 25.5 Å². The number of nitrogens with zero attached hydrogens (tertiary/aromatic N) is 4. The SMILES string of the molecule is CC(C)(O)[C@@H]1CN(c2ccc(Nc3ncc(-c4cnc5cc(F)ccn45)c4c3C(=O)NC4)cc2)CCO1. The van der Waals surface area contributed by atoms with Crippen molar-refractivity contribution in [2.24, 2.45) is 0 Å². The van der Waals surface area contributed by atoms with Crippen LogP contribution in [0.2, 0.25) is 0 Å². The van der Waals surface area contributed by atoms with Crippen molar-refractivity contribution in [1.29, 1.82) is 0 Å². The number of imidazole rings is 1. The van der Waals surface area contributed by atoms with Crippen LogP contribution in [0.3, 0.4) is 0 Å². The summed E-state index contributed by atoms with van der Waals surface area (Å²) in [6.07, 6.45) is 4.73. The highest BCUT2D eigenvalue weighted by atomic mass is 19.1. The van der Waals surface area contributed by atoms with Crippen LogP contribution in [0.25, 0.3) is 16.9 Å². The van der Waals surface area contributed by atoms with Gasteiger partial charge in [-0.3, -0.25) is 9.20 Å². The van der Waals surface area contributed by atoms with Crippen molar-refractivity contribution in [3.63, 3.8) is 0 Å². The predicted molar refractivity (Wildman–Crippen MR) is 138 cm³/mol. The zero-order chi connectivity index (χ0) is 25.7. The van der Waals surface area contributed by atoms with Gasteiger partial charge in [0.05, 0.1) is 29.7 Å². The van der Waals surface area contributed by atoms with Gasteiger partial charge in [0.15, 0.2) is 0 Å². The molecule has 0 unspecified atom stereocenters. The molecule has 1 fully saturated rings. The number of rotatable bonds is 5. The maximum Gasteiger partial charge on any atom is 0.255 e. The number of carbonyl (C=O) groups is 1. The highest BCUT2D eigenvalue weighted by molar-refractivity contribution is 6.05. The van der Waals surface area contributed by atoms with Crippen molar-refractivity contribution in [3.8, 4) is 11.3 Å². The van der Waals surface area contributed by atoms with E-state index in [1.165, 1.54) is 12.1 Å². The van der Waals surface area contributed by atoms with Gasteiger partial charge in [0.25, 0.3) is 5.91 Å². The van der Waals surface area contributed by atoms with E-state index in [9.17, 15) is 14.3 Å². The second-order valence-electron chi connectivity index (χ2n) is 9.90. The Labute approximate surface area is 212 Å². The molecule has 0 saturated carbocycles. The lowest BCUT2D eigenvalue weighted by Crippen LogP contribution is -2.52. The number of hydrogen-bond acceptors (Lipinski definition) is 7. The fraction of sp³-hybridized carbons (Fsp3) is 0.296. The van der Waals surface area contributed by atoms with E-state index in [0.717, 1.165) is 34.7 Å². The van der Waals surface area contributed by atoms with Crippen LogP contribution >= 0.6 is 0 Å². The zero-order valence-corrected chi connectivity index (χ0v) is 20.5. The van der Waals surface area contributed by atoms with Gasteiger partial charge in [-0.2, -0.15) is 0 Å². The number of aromatic nitrogens is 3. The number of aliphatic hydroxyl groups is 1. The minimum atomic E-state index is -0.918. The molecule has 6 rings (SSSR count). The Hall–Kier alpha value is -4.02.